The van der Waals surface area contributed by atoms with Crippen LogP contribution in [0.1, 0.15) is 134 Å². The Morgan fingerprint density at radius 2 is 1.14 bits per heavy atom. The lowest BCUT2D eigenvalue weighted by atomic mass is 9.76. The lowest BCUT2D eigenvalue weighted by Gasteiger charge is -2.37. The fraction of sp³-hybridized carbons (Fsp3) is 0.529. The van der Waals surface area contributed by atoms with Crippen molar-refractivity contribution in [1.29, 1.82) is 0 Å². The van der Waals surface area contributed by atoms with Crippen LogP contribution < -0.4 is 10.6 Å². The molecule has 0 unspecified atom stereocenters. The third kappa shape index (κ3) is 7.27. The molecule has 1 saturated carbocycles. The minimum absolute atomic E-state index is 0.0342. The Balaban J connectivity index is 1.89. The van der Waals surface area contributed by atoms with Gasteiger partial charge < -0.3 is 20.8 Å². The number of aromatic carboxylic acids is 2. The summed E-state index contributed by atoms with van der Waals surface area (Å²) in [5.41, 5.74) is 0.371. The van der Waals surface area contributed by atoms with E-state index in [-0.39, 0.29) is 39.6 Å². The quantitative estimate of drug-likeness (QED) is 0.189. The number of carboxylic acid groups (broad SMARTS) is 2. The van der Waals surface area contributed by atoms with Gasteiger partial charge in [-0.15, -0.1) is 0 Å². The van der Waals surface area contributed by atoms with Crippen molar-refractivity contribution in [2.45, 2.75) is 111 Å². The number of rotatable bonds is 13. The molecule has 8 nitrogen and oxygen atoms in total. The summed E-state index contributed by atoms with van der Waals surface area (Å²) >= 11 is 0. The molecule has 0 radical (unpaired) electrons. The Hall–Kier alpha value is -3.52. The second kappa shape index (κ2) is 13.6. The predicted molar refractivity (Wildman–Crippen MR) is 164 cm³/mol. The van der Waals surface area contributed by atoms with Gasteiger partial charge in [0.25, 0.3) is 5.91 Å². The summed E-state index contributed by atoms with van der Waals surface area (Å²) in [6.07, 6.45) is 6.63. The van der Waals surface area contributed by atoms with Crippen molar-refractivity contribution in [3.63, 3.8) is 0 Å². The van der Waals surface area contributed by atoms with Crippen LogP contribution in [0.25, 0.3) is 11.1 Å². The van der Waals surface area contributed by atoms with Crippen LogP contribution in [0.4, 0.5) is 0 Å². The van der Waals surface area contributed by atoms with E-state index in [0.717, 1.165) is 38.5 Å². The molecule has 3 rings (SSSR count). The van der Waals surface area contributed by atoms with E-state index in [2.05, 4.69) is 31.4 Å². The molecule has 8 heteroatoms. The molecule has 1 fully saturated rings. The molecule has 0 atom stereocenters. The SMILES string of the molecule is CCC(C)(CC)NC1CCC(NC(=O)c2cc(-c3ccc(C(=O)O)c(C(=O)C(C)(CC)CC)c3)ccc2C(=O)O)CC1. The van der Waals surface area contributed by atoms with Crippen LogP contribution in [-0.2, 0) is 0 Å². The molecule has 2 aromatic carbocycles. The molecule has 0 saturated heterocycles. The summed E-state index contributed by atoms with van der Waals surface area (Å²) in [5, 5.41) is 26.4. The molecule has 1 aliphatic rings. The third-order valence-corrected chi connectivity index (χ3v) is 9.61. The number of ketones is 1. The van der Waals surface area contributed by atoms with Crippen LogP contribution in [0.15, 0.2) is 36.4 Å². The highest BCUT2D eigenvalue weighted by atomic mass is 16.4. The first-order valence-corrected chi connectivity index (χ1v) is 15.2. The van der Waals surface area contributed by atoms with Gasteiger partial charge in [-0.05, 0) is 93.7 Å². The van der Waals surface area contributed by atoms with E-state index in [9.17, 15) is 29.4 Å². The highest BCUT2D eigenvalue weighted by molar-refractivity contribution is 6.09. The fourth-order valence-electron chi connectivity index (χ4n) is 5.68. The largest absolute Gasteiger partial charge is 0.478 e. The number of Topliss-reactive ketones (excluding diaryl/α,β-unsaturated/α-hetero) is 1. The van der Waals surface area contributed by atoms with E-state index < -0.39 is 23.3 Å². The van der Waals surface area contributed by atoms with Gasteiger partial charge in [0.1, 0.15) is 0 Å². The van der Waals surface area contributed by atoms with Crippen molar-refractivity contribution >= 4 is 23.6 Å². The van der Waals surface area contributed by atoms with Crippen molar-refractivity contribution in [2.75, 3.05) is 0 Å². The topological polar surface area (TPSA) is 133 Å². The normalized spacial score (nSPS) is 17.5. The minimum atomic E-state index is -1.21. The number of hydrogen-bond acceptors (Lipinski definition) is 5. The molecule has 228 valence electrons. The minimum Gasteiger partial charge on any atom is -0.478 e. The standard InChI is InChI=1S/C34H46N2O6/c1-7-33(5,8-2)29(37)27-19-21(11-17-25(27)31(39)40)22-12-18-26(32(41)42)28(20-22)30(38)35-23-13-15-24(16-14-23)36-34(6,9-3)10-4/h11-12,17-20,23-24,36H,7-10,13-16H2,1-6H3,(H,35,38)(H,39,40)(H,41,42). The summed E-state index contributed by atoms with van der Waals surface area (Å²) in [6.45, 7) is 12.2. The molecule has 0 heterocycles. The predicted octanol–water partition coefficient (Wildman–Crippen LogP) is 6.97. The third-order valence-electron chi connectivity index (χ3n) is 9.61. The zero-order valence-electron chi connectivity index (χ0n) is 25.8. The number of hydrogen-bond donors (Lipinski definition) is 4. The lowest BCUT2D eigenvalue weighted by molar-refractivity contribution is 0.0679. The Labute approximate surface area is 249 Å². The smallest absolute Gasteiger partial charge is 0.336 e. The highest BCUT2D eigenvalue weighted by Gasteiger charge is 2.33. The van der Waals surface area contributed by atoms with Crippen molar-refractivity contribution in [2.24, 2.45) is 5.41 Å². The van der Waals surface area contributed by atoms with Gasteiger partial charge in [0.05, 0.1) is 16.7 Å². The van der Waals surface area contributed by atoms with Crippen LogP contribution in [0.2, 0.25) is 0 Å². The van der Waals surface area contributed by atoms with Crippen molar-refractivity contribution in [3.05, 3.63) is 58.7 Å². The number of carbonyl (C=O) groups is 4. The maximum Gasteiger partial charge on any atom is 0.336 e. The number of amides is 1. The summed E-state index contributed by atoms with van der Waals surface area (Å²) < 4.78 is 0. The Morgan fingerprint density at radius 3 is 1.60 bits per heavy atom. The zero-order chi connectivity index (χ0) is 31.2. The van der Waals surface area contributed by atoms with Gasteiger partial charge in [-0.2, -0.15) is 0 Å². The van der Waals surface area contributed by atoms with Crippen LogP contribution in [0.3, 0.4) is 0 Å². The molecule has 0 spiro atoms. The first-order chi connectivity index (χ1) is 19.8. The molecule has 0 aromatic heterocycles. The first kappa shape index (κ1) is 33.0. The van der Waals surface area contributed by atoms with E-state index >= 15 is 0 Å². The fourth-order valence-corrected chi connectivity index (χ4v) is 5.68. The Bertz CT molecular complexity index is 1320. The Kier molecular flexibility index (Phi) is 10.7. The van der Waals surface area contributed by atoms with Crippen LogP contribution >= 0.6 is 0 Å². The number of carboxylic acids is 2. The molecule has 2 aromatic rings. The zero-order valence-corrected chi connectivity index (χ0v) is 25.8. The molecule has 4 N–H and O–H groups in total. The maximum absolute atomic E-state index is 13.5. The van der Waals surface area contributed by atoms with Crippen LogP contribution in [0, 0.1) is 5.41 Å². The van der Waals surface area contributed by atoms with Crippen molar-refractivity contribution in [3.8, 4) is 11.1 Å². The maximum atomic E-state index is 13.5. The average Bonchev–Trinajstić information content (AvgIpc) is 3.00. The van der Waals surface area contributed by atoms with E-state index in [1.807, 2.05) is 20.8 Å². The van der Waals surface area contributed by atoms with E-state index in [1.54, 1.807) is 18.2 Å². The second-order valence-electron chi connectivity index (χ2n) is 12.2. The number of nitrogens with one attached hydrogen (secondary N) is 2. The van der Waals surface area contributed by atoms with Gasteiger partial charge in [0.15, 0.2) is 5.78 Å². The number of carbonyl (C=O) groups excluding carboxylic acids is 2. The molecular formula is C34H46N2O6. The van der Waals surface area contributed by atoms with Gasteiger partial charge in [-0.3, -0.25) is 9.59 Å². The van der Waals surface area contributed by atoms with Gasteiger partial charge in [-0.25, -0.2) is 9.59 Å². The summed E-state index contributed by atoms with van der Waals surface area (Å²) in [5.74, 6) is -3.12. The van der Waals surface area contributed by atoms with Gasteiger partial charge in [-0.1, -0.05) is 46.8 Å². The molecule has 1 amide bonds. The number of benzene rings is 2. The molecular weight excluding hydrogens is 532 g/mol. The molecule has 0 bridgehead atoms. The van der Waals surface area contributed by atoms with E-state index in [4.69, 9.17) is 0 Å². The van der Waals surface area contributed by atoms with Crippen molar-refractivity contribution in [1.82, 2.24) is 10.6 Å². The second-order valence-corrected chi connectivity index (χ2v) is 12.2. The first-order valence-electron chi connectivity index (χ1n) is 15.2. The Morgan fingerprint density at radius 1 is 0.690 bits per heavy atom. The van der Waals surface area contributed by atoms with Gasteiger partial charge >= 0.3 is 11.9 Å². The highest BCUT2D eigenvalue weighted by Crippen LogP contribution is 2.34. The van der Waals surface area contributed by atoms with E-state index in [0.29, 0.717) is 30.0 Å². The van der Waals surface area contributed by atoms with Gasteiger partial charge in [0.2, 0.25) is 0 Å². The average molecular weight is 579 g/mol. The van der Waals surface area contributed by atoms with Crippen LogP contribution in [0.5, 0.6) is 0 Å². The molecule has 1 aliphatic carbocycles. The van der Waals surface area contributed by atoms with Crippen LogP contribution in [-0.4, -0.2) is 51.5 Å². The van der Waals surface area contributed by atoms with Gasteiger partial charge in [0, 0.05) is 28.6 Å². The molecule has 0 aliphatic heterocycles. The summed E-state index contributed by atoms with van der Waals surface area (Å²) in [4.78, 5) is 50.9. The molecule has 42 heavy (non-hydrogen) atoms. The lowest BCUT2D eigenvalue weighted by Crippen LogP contribution is -2.50. The monoisotopic (exact) mass is 578 g/mol. The summed E-state index contributed by atoms with van der Waals surface area (Å²) in [7, 11) is 0. The van der Waals surface area contributed by atoms with Crippen molar-refractivity contribution < 1.29 is 29.4 Å². The summed E-state index contributed by atoms with van der Waals surface area (Å²) in [6, 6.07) is 9.34. The van der Waals surface area contributed by atoms with E-state index in [1.165, 1.54) is 18.2 Å².